The minimum Gasteiger partial charge on any atom is -0.314 e. The van der Waals surface area contributed by atoms with E-state index in [-0.39, 0.29) is 0 Å². The molecular formula is C14H18ClN3. The Morgan fingerprint density at radius 3 is 3.11 bits per heavy atom. The summed E-state index contributed by atoms with van der Waals surface area (Å²) in [5.74, 6) is 0. The Morgan fingerprint density at radius 1 is 1.44 bits per heavy atom. The lowest BCUT2D eigenvalue weighted by Crippen LogP contribution is -2.35. The lowest BCUT2D eigenvalue weighted by molar-refractivity contribution is 0.399. The van der Waals surface area contributed by atoms with Crippen molar-refractivity contribution < 1.29 is 0 Å². The van der Waals surface area contributed by atoms with Crippen LogP contribution in [0.5, 0.6) is 0 Å². The molecule has 1 aromatic heterocycles. The van der Waals surface area contributed by atoms with Crippen LogP contribution in [0, 0.1) is 0 Å². The Morgan fingerprint density at radius 2 is 2.33 bits per heavy atom. The first-order chi connectivity index (χ1) is 8.74. The van der Waals surface area contributed by atoms with Crippen LogP contribution >= 0.6 is 11.6 Å². The second kappa shape index (κ2) is 4.90. The number of aryl methyl sites for hydroxylation is 1. The Balaban J connectivity index is 1.86. The van der Waals surface area contributed by atoms with Crippen LogP contribution in [0.2, 0.25) is 5.15 Å². The fourth-order valence-electron chi connectivity index (χ4n) is 2.78. The number of nitrogens with zero attached hydrogens (tertiary/aromatic N) is 2. The number of fused-ring (bicyclic) bond motifs is 1. The zero-order valence-corrected chi connectivity index (χ0v) is 11.4. The predicted molar refractivity (Wildman–Crippen MR) is 75.1 cm³/mol. The zero-order valence-electron chi connectivity index (χ0n) is 10.6. The number of hydrogen-bond acceptors (Lipinski definition) is 2. The number of nitrogens with one attached hydrogen (secondary N) is 1. The minimum atomic E-state index is 0.603. The van der Waals surface area contributed by atoms with Crippen LogP contribution in [0.3, 0.4) is 0 Å². The van der Waals surface area contributed by atoms with Crippen LogP contribution in [0.1, 0.15) is 24.8 Å². The highest BCUT2D eigenvalue weighted by Crippen LogP contribution is 2.24. The van der Waals surface area contributed by atoms with E-state index < -0.39 is 0 Å². The maximum Gasteiger partial charge on any atom is 0.158 e. The summed E-state index contributed by atoms with van der Waals surface area (Å²) in [7, 11) is 1.93. The molecule has 1 saturated heterocycles. The van der Waals surface area contributed by atoms with Crippen LogP contribution < -0.4 is 5.32 Å². The number of halogens is 1. The zero-order chi connectivity index (χ0) is 12.5. The van der Waals surface area contributed by atoms with E-state index in [1.807, 2.05) is 11.7 Å². The van der Waals surface area contributed by atoms with E-state index in [0.717, 1.165) is 23.9 Å². The summed E-state index contributed by atoms with van der Waals surface area (Å²) in [4.78, 5) is 0. The average Bonchev–Trinajstić information content (AvgIpc) is 2.66. The van der Waals surface area contributed by atoms with Crippen molar-refractivity contribution in [2.24, 2.45) is 7.05 Å². The van der Waals surface area contributed by atoms with Crippen molar-refractivity contribution in [1.29, 1.82) is 0 Å². The Hall–Kier alpha value is -1.06. The van der Waals surface area contributed by atoms with Gasteiger partial charge in [0.15, 0.2) is 5.15 Å². The van der Waals surface area contributed by atoms with E-state index in [9.17, 15) is 0 Å². The van der Waals surface area contributed by atoms with Gasteiger partial charge in [0, 0.05) is 18.5 Å². The SMILES string of the molecule is Cn1nc(Cl)c2cc(CC3CCCCN3)ccc21. The molecule has 0 bridgehead atoms. The van der Waals surface area contributed by atoms with Gasteiger partial charge in [-0.15, -0.1) is 0 Å². The third kappa shape index (κ3) is 2.25. The van der Waals surface area contributed by atoms with Gasteiger partial charge in [-0.2, -0.15) is 5.10 Å². The molecule has 0 saturated carbocycles. The molecule has 1 fully saturated rings. The van der Waals surface area contributed by atoms with Crippen LogP contribution in [0.4, 0.5) is 0 Å². The van der Waals surface area contributed by atoms with Crippen molar-refractivity contribution in [3.63, 3.8) is 0 Å². The van der Waals surface area contributed by atoms with Crippen molar-refractivity contribution in [3.8, 4) is 0 Å². The highest BCUT2D eigenvalue weighted by Gasteiger charge is 2.14. The van der Waals surface area contributed by atoms with Gasteiger partial charge in [0.2, 0.25) is 0 Å². The summed E-state index contributed by atoms with van der Waals surface area (Å²) in [5, 5.41) is 9.49. The summed E-state index contributed by atoms with van der Waals surface area (Å²) in [6.07, 6.45) is 5.01. The van der Waals surface area contributed by atoms with E-state index in [1.54, 1.807) is 0 Å². The van der Waals surface area contributed by atoms with Crippen LogP contribution in [-0.4, -0.2) is 22.4 Å². The second-order valence-electron chi connectivity index (χ2n) is 5.12. The first-order valence-corrected chi connectivity index (χ1v) is 6.96. The third-order valence-electron chi connectivity index (χ3n) is 3.76. The number of hydrogen-bond donors (Lipinski definition) is 1. The molecule has 18 heavy (non-hydrogen) atoms. The summed E-state index contributed by atoms with van der Waals surface area (Å²) in [6.45, 7) is 1.15. The summed E-state index contributed by atoms with van der Waals surface area (Å²) >= 11 is 6.15. The molecule has 96 valence electrons. The molecule has 4 heteroatoms. The fourth-order valence-corrected chi connectivity index (χ4v) is 3.04. The van der Waals surface area contributed by atoms with Crippen LogP contribution in [-0.2, 0) is 13.5 Å². The third-order valence-corrected chi connectivity index (χ3v) is 4.04. The molecule has 0 amide bonds. The Labute approximate surface area is 112 Å². The highest BCUT2D eigenvalue weighted by atomic mass is 35.5. The fraction of sp³-hybridized carbons (Fsp3) is 0.500. The standard InChI is InChI=1S/C14H18ClN3/c1-18-13-6-5-10(9-12(13)14(15)17-18)8-11-4-2-3-7-16-11/h5-6,9,11,16H,2-4,7-8H2,1H3. The molecule has 1 N–H and O–H groups in total. The summed E-state index contributed by atoms with van der Waals surface area (Å²) in [5.41, 5.74) is 2.44. The van der Waals surface area contributed by atoms with E-state index in [0.29, 0.717) is 11.2 Å². The average molecular weight is 264 g/mol. The predicted octanol–water partition coefficient (Wildman–Crippen LogP) is 2.91. The first-order valence-electron chi connectivity index (χ1n) is 6.58. The van der Waals surface area contributed by atoms with Gasteiger partial charge in [-0.05, 0) is 43.5 Å². The van der Waals surface area contributed by atoms with Crippen LogP contribution in [0.25, 0.3) is 10.9 Å². The maximum absolute atomic E-state index is 6.15. The van der Waals surface area contributed by atoms with Crippen molar-refractivity contribution in [2.75, 3.05) is 6.54 Å². The molecule has 2 heterocycles. The number of aromatic nitrogens is 2. The maximum atomic E-state index is 6.15. The smallest absolute Gasteiger partial charge is 0.158 e. The molecule has 1 aliphatic heterocycles. The molecule has 0 radical (unpaired) electrons. The van der Waals surface area contributed by atoms with Gasteiger partial charge in [-0.3, -0.25) is 4.68 Å². The lowest BCUT2D eigenvalue weighted by atomic mass is 9.97. The normalized spacial score (nSPS) is 20.4. The van der Waals surface area contributed by atoms with E-state index >= 15 is 0 Å². The molecule has 0 aliphatic carbocycles. The minimum absolute atomic E-state index is 0.603. The first kappa shape index (κ1) is 12.0. The molecule has 3 nitrogen and oxygen atoms in total. The monoisotopic (exact) mass is 263 g/mol. The van der Waals surface area contributed by atoms with Crippen molar-refractivity contribution in [3.05, 3.63) is 28.9 Å². The van der Waals surface area contributed by atoms with Crippen molar-refractivity contribution in [1.82, 2.24) is 15.1 Å². The van der Waals surface area contributed by atoms with Gasteiger partial charge in [0.1, 0.15) is 0 Å². The molecule has 1 aliphatic rings. The molecule has 1 aromatic carbocycles. The number of piperidine rings is 1. The van der Waals surface area contributed by atoms with Crippen molar-refractivity contribution in [2.45, 2.75) is 31.7 Å². The van der Waals surface area contributed by atoms with Gasteiger partial charge >= 0.3 is 0 Å². The van der Waals surface area contributed by atoms with Gasteiger partial charge in [-0.1, -0.05) is 24.1 Å². The summed E-state index contributed by atoms with van der Waals surface area (Å²) < 4.78 is 1.83. The summed E-state index contributed by atoms with van der Waals surface area (Å²) in [6, 6.07) is 7.11. The molecule has 1 unspecified atom stereocenters. The molecule has 3 rings (SSSR count). The quantitative estimate of drug-likeness (QED) is 0.903. The van der Waals surface area contributed by atoms with Gasteiger partial charge in [0.25, 0.3) is 0 Å². The van der Waals surface area contributed by atoms with Gasteiger partial charge < -0.3 is 5.32 Å². The molecule has 1 atom stereocenters. The largest absolute Gasteiger partial charge is 0.314 e. The topological polar surface area (TPSA) is 29.9 Å². The van der Waals surface area contributed by atoms with Gasteiger partial charge in [-0.25, -0.2) is 0 Å². The van der Waals surface area contributed by atoms with Crippen LogP contribution in [0.15, 0.2) is 18.2 Å². The number of benzene rings is 1. The molecule has 2 aromatic rings. The molecular weight excluding hydrogens is 246 g/mol. The Kier molecular flexibility index (Phi) is 3.27. The van der Waals surface area contributed by atoms with E-state index in [2.05, 4.69) is 28.6 Å². The lowest BCUT2D eigenvalue weighted by Gasteiger charge is -2.23. The number of rotatable bonds is 2. The van der Waals surface area contributed by atoms with E-state index in [4.69, 9.17) is 11.6 Å². The highest BCUT2D eigenvalue weighted by molar-refractivity contribution is 6.34. The van der Waals surface area contributed by atoms with Crippen molar-refractivity contribution >= 4 is 22.5 Å². The Bertz CT molecular complexity index is 555. The van der Waals surface area contributed by atoms with E-state index in [1.165, 1.54) is 24.8 Å². The van der Waals surface area contributed by atoms with Gasteiger partial charge in [0.05, 0.1) is 5.52 Å². The molecule has 0 spiro atoms. The second-order valence-corrected chi connectivity index (χ2v) is 5.47.